The van der Waals surface area contributed by atoms with Gasteiger partial charge in [0.2, 0.25) is 0 Å². The first-order chi connectivity index (χ1) is 12.6. The van der Waals surface area contributed by atoms with Gasteiger partial charge in [0.25, 0.3) is 21.7 Å². The van der Waals surface area contributed by atoms with Gasteiger partial charge in [-0.05, 0) is 24.3 Å². The Morgan fingerprint density at radius 3 is 1.89 bits per heavy atom. The number of imide groups is 1. The van der Waals surface area contributed by atoms with Crippen LogP contribution in [0.15, 0.2) is 53.4 Å². The maximum absolute atomic E-state index is 12.8. The molecule has 1 aliphatic heterocycles. The van der Waals surface area contributed by atoms with Crippen LogP contribution in [0.4, 0.5) is 13.2 Å². The number of halogens is 3. The van der Waals surface area contributed by atoms with E-state index in [4.69, 9.17) is 0 Å². The van der Waals surface area contributed by atoms with Crippen molar-refractivity contribution in [3.8, 4) is 0 Å². The molecule has 0 N–H and O–H groups in total. The van der Waals surface area contributed by atoms with Crippen molar-refractivity contribution in [3.05, 3.63) is 65.2 Å². The lowest BCUT2D eigenvalue weighted by Crippen LogP contribution is -2.33. The standard InChI is InChI=1S/C16H8F3NO6S/c17-16(18,19)27(24,25)12-8-4-3-7-11(12)15(23)26-20-13(21)9-5-1-2-6-10(9)14(20)22/h1-8H. The molecule has 0 aromatic heterocycles. The van der Waals surface area contributed by atoms with E-state index in [1.165, 1.54) is 24.3 Å². The molecule has 2 aromatic carbocycles. The van der Waals surface area contributed by atoms with Crippen molar-refractivity contribution in [1.29, 1.82) is 0 Å². The first-order valence-corrected chi connectivity index (χ1v) is 8.64. The Labute approximate surface area is 149 Å². The minimum atomic E-state index is -5.86. The maximum atomic E-state index is 12.8. The Hall–Kier alpha value is -3.21. The molecule has 0 fully saturated rings. The van der Waals surface area contributed by atoms with E-state index in [1.54, 1.807) is 0 Å². The molecule has 0 radical (unpaired) electrons. The highest BCUT2D eigenvalue weighted by Gasteiger charge is 2.49. The summed E-state index contributed by atoms with van der Waals surface area (Å²) in [5.41, 5.74) is -6.75. The first-order valence-electron chi connectivity index (χ1n) is 7.16. The van der Waals surface area contributed by atoms with Gasteiger partial charge in [-0.1, -0.05) is 29.3 Å². The molecule has 140 valence electrons. The molecule has 7 nitrogen and oxygen atoms in total. The van der Waals surface area contributed by atoms with Crippen LogP contribution in [-0.4, -0.2) is 36.8 Å². The lowest BCUT2D eigenvalue weighted by Gasteiger charge is -2.15. The number of nitrogens with zero attached hydrogens (tertiary/aromatic N) is 1. The van der Waals surface area contributed by atoms with Gasteiger partial charge in [0, 0.05) is 0 Å². The van der Waals surface area contributed by atoms with Crippen molar-refractivity contribution in [2.24, 2.45) is 0 Å². The molecular formula is C16H8F3NO6S. The molecule has 0 saturated carbocycles. The summed E-state index contributed by atoms with van der Waals surface area (Å²) in [6.45, 7) is 0. The van der Waals surface area contributed by atoms with Gasteiger partial charge < -0.3 is 4.84 Å². The van der Waals surface area contributed by atoms with Crippen LogP contribution in [-0.2, 0) is 14.7 Å². The number of benzene rings is 2. The molecule has 1 aliphatic rings. The predicted molar refractivity (Wildman–Crippen MR) is 82.0 cm³/mol. The van der Waals surface area contributed by atoms with Crippen LogP contribution in [0, 0.1) is 0 Å². The second kappa shape index (κ2) is 6.20. The fourth-order valence-corrected chi connectivity index (χ4v) is 3.32. The lowest BCUT2D eigenvalue weighted by molar-refractivity contribution is -0.0589. The summed E-state index contributed by atoms with van der Waals surface area (Å²) < 4.78 is 61.7. The summed E-state index contributed by atoms with van der Waals surface area (Å²) in [6, 6.07) is 8.95. The van der Waals surface area contributed by atoms with Gasteiger partial charge >= 0.3 is 11.5 Å². The van der Waals surface area contributed by atoms with Crippen LogP contribution >= 0.6 is 0 Å². The molecule has 2 aromatic rings. The lowest BCUT2D eigenvalue weighted by atomic mass is 10.1. The fourth-order valence-electron chi connectivity index (χ4n) is 2.38. The third-order valence-corrected chi connectivity index (χ3v) is 5.18. The van der Waals surface area contributed by atoms with Crippen molar-refractivity contribution < 1.29 is 40.8 Å². The molecule has 11 heteroatoms. The van der Waals surface area contributed by atoms with Crippen LogP contribution in [0.1, 0.15) is 31.1 Å². The first kappa shape index (κ1) is 18.6. The minimum absolute atomic E-state index is 0.0634. The minimum Gasteiger partial charge on any atom is -0.324 e. The van der Waals surface area contributed by atoms with E-state index in [1.807, 2.05) is 0 Å². The van der Waals surface area contributed by atoms with Gasteiger partial charge in [-0.15, -0.1) is 0 Å². The monoisotopic (exact) mass is 399 g/mol. The molecule has 0 spiro atoms. The van der Waals surface area contributed by atoms with E-state index in [9.17, 15) is 36.0 Å². The van der Waals surface area contributed by atoms with Gasteiger partial charge in [-0.2, -0.15) is 13.2 Å². The van der Waals surface area contributed by atoms with E-state index < -0.39 is 43.6 Å². The summed E-state index contributed by atoms with van der Waals surface area (Å²) in [5.74, 6) is -3.60. The molecule has 0 saturated heterocycles. The largest absolute Gasteiger partial charge is 0.501 e. The Kier molecular flexibility index (Phi) is 4.26. The number of hydroxylamine groups is 2. The third-order valence-electron chi connectivity index (χ3n) is 3.63. The number of fused-ring (bicyclic) bond motifs is 1. The Morgan fingerprint density at radius 1 is 0.889 bits per heavy atom. The molecule has 3 rings (SSSR count). The van der Waals surface area contributed by atoms with Crippen molar-refractivity contribution in [1.82, 2.24) is 5.06 Å². The number of sulfone groups is 1. The molecule has 0 atom stereocenters. The van der Waals surface area contributed by atoms with Gasteiger partial charge in [0.15, 0.2) is 0 Å². The van der Waals surface area contributed by atoms with E-state index in [0.717, 1.165) is 18.2 Å². The number of hydrogen-bond donors (Lipinski definition) is 0. The highest BCUT2D eigenvalue weighted by Crippen LogP contribution is 2.33. The van der Waals surface area contributed by atoms with Crippen LogP contribution < -0.4 is 0 Å². The molecule has 2 amide bonds. The van der Waals surface area contributed by atoms with E-state index in [2.05, 4.69) is 4.84 Å². The second-order valence-electron chi connectivity index (χ2n) is 5.27. The molecule has 1 heterocycles. The Bertz CT molecular complexity index is 1040. The number of rotatable bonds is 3. The Balaban J connectivity index is 1.96. The smallest absolute Gasteiger partial charge is 0.324 e. The summed E-state index contributed by atoms with van der Waals surface area (Å²) in [4.78, 5) is 39.8. The quantitative estimate of drug-likeness (QED) is 0.735. The third kappa shape index (κ3) is 2.95. The van der Waals surface area contributed by atoms with Crippen LogP contribution in [0.3, 0.4) is 0 Å². The molecule has 0 unspecified atom stereocenters. The van der Waals surface area contributed by atoms with Gasteiger partial charge in [0.1, 0.15) is 0 Å². The average Bonchev–Trinajstić information content (AvgIpc) is 2.86. The fraction of sp³-hybridized carbons (Fsp3) is 0.0625. The topological polar surface area (TPSA) is 97.8 Å². The summed E-state index contributed by atoms with van der Waals surface area (Å²) in [5, 5.41) is 0.0734. The number of carbonyl (C=O) groups is 3. The SMILES string of the molecule is O=C(ON1C(=O)c2ccccc2C1=O)c1ccccc1S(=O)(=O)C(F)(F)F. The highest BCUT2D eigenvalue weighted by molar-refractivity contribution is 7.92. The molecule has 0 aliphatic carbocycles. The Morgan fingerprint density at radius 2 is 1.37 bits per heavy atom. The van der Waals surface area contributed by atoms with Gasteiger partial charge in [0.05, 0.1) is 21.6 Å². The molecular weight excluding hydrogens is 391 g/mol. The molecule has 0 bridgehead atoms. The normalized spacial score (nSPS) is 14.3. The summed E-state index contributed by atoms with van der Waals surface area (Å²) >= 11 is 0. The van der Waals surface area contributed by atoms with Crippen molar-refractivity contribution in [3.63, 3.8) is 0 Å². The predicted octanol–water partition coefficient (Wildman–Crippen LogP) is 2.35. The van der Waals surface area contributed by atoms with E-state index >= 15 is 0 Å². The zero-order valence-corrected chi connectivity index (χ0v) is 13.9. The van der Waals surface area contributed by atoms with Crippen LogP contribution in [0.5, 0.6) is 0 Å². The van der Waals surface area contributed by atoms with Gasteiger partial charge in [-0.3, -0.25) is 9.59 Å². The zero-order chi connectivity index (χ0) is 20.0. The number of alkyl halides is 3. The highest BCUT2D eigenvalue weighted by atomic mass is 32.2. The number of amides is 2. The van der Waals surface area contributed by atoms with Crippen LogP contribution in [0.25, 0.3) is 0 Å². The number of carbonyl (C=O) groups excluding carboxylic acids is 3. The summed E-state index contributed by atoms with van der Waals surface area (Å²) in [7, 11) is -5.86. The summed E-state index contributed by atoms with van der Waals surface area (Å²) in [6.07, 6.45) is 0. The van der Waals surface area contributed by atoms with E-state index in [-0.39, 0.29) is 16.2 Å². The van der Waals surface area contributed by atoms with Gasteiger partial charge in [-0.25, -0.2) is 13.2 Å². The maximum Gasteiger partial charge on any atom is 0.501 e. The zero-order valence-electron chi connectivity index (χ0n) is 13.1. The van der Waals surface area contributed by atoms with Crippen molar-refractivity contribution >= 4 is 27.6 Å². The number of hydrogen-bond acceptors (Lipinski definition) is 6. The van der Waals surface area contributed by atoms with Crippen molar-refractivity contribution in [2.75, 3.05) is 0 Å². The van der Waals surface area contributed by atoms with Crippen LogP contribution in [0.2, 0.25) is 0 Å². The average molecular weight is 399 g/mol. The molecule has 27 heavy (non-hydrogen) atoms. The van der Waals surface area contributed by atoms with E-state index in [0.29, 0.717) is 6.07 Å². The van der Waals surface area contributed by atoms with Crippen molar-refractivity contribution in [2.45, 2.75) is 10.4 Å². The second-order valence-corrected chi connectivity index (χ2v) is 7.18.